The molecule has 0 bridgehead atoms. The van der Waals surface area contributed by atoms with Crippen molar-refractivity contribution in [2.75, 3.05) is 11.9 Å². The Morgan fingerprint density at radius 2 is 2.00 bits per heavy atom. The van der Waals surface area contributed by atoms with Gasteiger partial charge in [0.05, 0.1) is 0 Å². The topological polar surface area (TPSA) is 64.3 Å². The lowest BCUT2D eigenvalue weighted by atomic mass is 9.94. The Balaban J connectivity index is 2.15. The number of hydrogen-bond donors (Lipinski definition) is 2. The lowest BCUT2D eigenvalue weighted by Gasteiger charge is -2.22. The summed E-state index contributed by atoms with van der Waals surface area (Å²) < 4.78 is 5.28. The number of para-hydroxylation sites is 1. The molecule has 0 spiro atoms. The van der Waals surface area contributed by atoms with Crippen LogP contribution in [0.3, 0.4) is 0 Å². The first-order valence-corrected chi connectivity index (χ1v) is 6.66. The van der Waals surface area contributed by atoms with Crippen LogP contribution in [0.2, 0.25) is 0 Å². The first-order chi connectivity index (χ1) is 8.86. The van der Waals surface area contributed by atoms with Crippen LogP contribution in [0.15, 0.2) is 24.3 Å². The summed E-state index contributed by atoms with van der Waals surface area (Å²) in [5.41, 5.74) is 7.33. The Kier molecular flexibility index (Phi) is 3.54. The van der Waals surface area contributed by atoms with Gasteiger partial charge in [-0.05, 0) is 45.2 Å². The zero-order chi connectivity index (χ0) is 14.1. The molecule has 19 heavy (non-hydrogen) atoms. The van der Waals surface area contributed by atoms with E-state index in [0.29, 0.717) is 6.54 Å². The maximum absolute atomic E-state index is 11.9. The number of ether oxygens (including phenoxy) is 1. The first-order valence-electron chi connectivity index (χ1n) is 6.66. The summed E-state index contributed by atoms with van der Waals surface area (Å²) in [4.78, 5) is 11.9. The van der Waals surface area contributed by atoms with Crippen LogP contribution in [0, 0.1) is 0 Å². The molecular weight excluding hydrogens is 240 g/mol. The highest BCUT2D eigenvalue weighted by atomic mass is 16.6. The van der Waals surface area contributed by atoms with Gasteiger partial charge in [0.1, 0.15) is 5.60 Å². The van der Waals surface area contributed by atoms with Crippen LogP contribution in [-0.4, -0.2) is 18.2 Å². The molecule has 4 nitrogen and oxygen atoms in total. The molecule has 1 saturated carbocycles. The Bertz CT molecular complexity index is 473. The molecule has 3 N–H and O–H groups in total. The van der Waals surface area contributed by atoms with Crippen molar-refractivity contribution < 1.29 is 9.53 Å². The van der Waals surface area contributed by atoms with Gasteiger partial charge in [0.15, 0.2) is 0 Å². The summed E-state index contributed by atoms with van der Waals surface area (Å²) in [6.07, 6.45) is 1.74. The fraction of sp³-hybridized carbons (Fsp3) is 0.533. The number of hydrogen-bond acceptors (Lipinski definition) is 3. The zero-order valence-electron chi connectivity index (χ0n) is 11.8. The standard InChI is InChI=1S/C15H22N2O2/c1-14(2,3)19-13(18)17-12-7-5-4-6-11(12)15(10-16)8-9-15/h4-7H,8-10,16H2,1-3H3,(H,17,18). The van der Waals surface area contributed by atoms with E-state index in [4.69, 9.17) is 10.5 Å². The van der Waals surface area contributed by atoms with Crippen molar-refractivity contribution in [2.24, 2.45) is 5.73 Å². The number of carbonyl (C=O) groups is 1. The van der Waals surface area contributed by atoms with Gasteiger partial charge in [-0.2, -0.15) is 0 Å². The van der Waals surface area contributed by atoms with Crippen LogP contribution < -0.4 is 11.1 Å². The van der Waals surface area contributed by atoms with Gasteiger partial charge in [-0.1, -0.05) is 18.2 Å². The van der Waals surface area contributed by atoms with Gasteiger partial charge in [-0.15, -0.1) is 0 Å². The van der Waals surface area contributed by atoms with E-state index in [-0.39, 0.29) is 5.41 Å². The summed E-state index contributed by atoms with van der Waals surface area (Å²) in [7, 11) is 0. The van der Waals surface area contributed by atoms with Crippen LogP contribution in [0.5, 0.6) is 0 Å². The van der Waals surface area contributed by atoms with Gasteiger partial charge in [0, 0.05) is 17.6 Å². The largest absolute Gasteiger partial charge is 0.444 e. The molecule has 1 fully saturated rings. The summed E-state index contributed by atoms with van der Waals surface area (Å²) >= 11 is 0. The minimum Gasteiger partial charge on any atom is -0.444 e. The zero-order valence-corrected chi connectivity index (χ0v) is 11.8. The highest BCUT2D eigenvalue weighted by Gasteiger charge is 2.44. The second kappa shape index (κ2) is 4.85. The molecule has 0 saturated heterocycles. The van der Waals surface area contributed by atoms with Crippen molar-refractivity contribution in [1.82, 2.24) is 0 Å². The molecule has 1 amide bonds. The van der Waals surface area contributed by atoms with Crippen LogP contribution in [-0.2, 0) is 10.2 Å². The van der Waals surface area contributed by atoms with E-state index in [2.05, 4.69) is 5.32 Å². The molecule has 4 heteroatoms. The molecule has 1 aromatic carbocycles. The van der Waals surface area contributed by atoms with E-state index in [1.807, 2.05) is 45.0 Å². The van der Waals surface area contributed by atoms with Crippen molar-refractivity contribution in [3.05, 3.63) is 29.8 Å². The lowest BCUT2D eigenvalue weighted by Crippen LogP contribution is -2.28. The van der Waals surface area contributed by atoms with Gasteiger partial charge in [-0.3, -0.25) is 5.32 Å². The van der Waals surface area contributed by atoms with E-state index in [0.717, 1.165) is 24.1 Å². The normalized spacial score (nSPS) is 16.8. The number of benzene rings is 1. The first kappa shape index (κ1) is 13.9. The maximum Gasteiger partial charge on any atom is 0.412 e. The van der Waals surface area contributed by atoms with Gasteiger partial charge >= 0.3 is 6.09 Å². The summed E-state index contributed by atoms with van der Waals surface area (Å²) in [6, 6.07) is 7.82. The third-order valence-electron chi connectivity index (χ3n) is 3.38. The second-order valence-corrected chi connectivity index (χ2v) is 6.16. The van der Waals surface area contributed by atoms with Crippen molar-refractivity contribution in [2.45, 2.75) is 44.6 Å². The second-order valence-electron chi connectivity index (χ2n) is 6.16. The predicted octanol–water partition coefficient (Wildman–Crippen LogP) is 3.02. The molecule has 0 heterocycles. The monoisotopic (exact) mass is 262 g/mol. The molecule has 1 aliphatic carbocycles. The van der Waals surface area contributed by atoms with Crippen molar-refractivity contribution in [1.29, 1.82) is 0 Å². The average Bonchev–Trinajstić information content (AvgIpc) is 3.08. The van der Waals surface area contributed by atoms with Gasteiger partial charge < -0.3 is 10.5 Å². The molecule has 1 aromatic rings. The van der Waals surface area contributed by atoms with E-state index in [9.17, 15) is 4.79 Å². The maximum atomic E-state index is 11.9. The highest BCUT2D eigenvalue weighted by molar-refractivity contribution is 5.86. The summed E-state index contributed by atoms with van der Waals surface area (Å²) in [5.74, 6) is 0. The fourth-order valence-corrected chi connectivity index (χ4v) is 2.20. The van der Waals surface area contributed by atoms with E-state index in [1.165, 1.54) is 0 Å². The van der Waals surface area contributed by atoms with Crippen molar-refractivity contribution in [3.63, 3.8) is 0 Å². The molecule has 0 unspecified atom stereocenters. The Morgan fingerprint density at radius 1 is 1.37 bits per heavy atom. The molecule has 0 aromatic heterocycles. The minimum atomic E-state index is -0.496. The minimum absolute atomic E-state index is 0.0472. The van der Waals surface area contributed by atoms with Crippen LogP contribution in [0.25, 0.3) is 0 Å². The van der Waals surface area contributed by atoms with Crippen LogP contribution >= 0.6 is 0 Å². The number of amides is 1. The van der Waals surface area contributed by atoms with E-state index < -0.39 is 11.7 Å². The van der Waals surface area contributed by atoms with Gasteiger partial charge in [0.2, 0.25) is 0 Å². The van der Waals surface area contributed by atoms with Gasteiger partial charge in [0.25, 0.3) is 0 Å². The molecule has 0 aliphatic heterocycles. The lowest BCUT2D eigenvalue weighted by molar-refractivity contribution is 0.0635. The SMILES string of the molecule is CC(C)(C)OC(=O)Nc1ccccc1C1(CN)CC1. The van der Waals surface area contributed by atoms with Crippen LogP contribution in [0.1, 0.15) is 39.2 Å². The summed E-state index contributed by atoms with van der Waals surface area (Å²) in [5, 5.41) is 2.83. The molecule has 2 rings (SSSR count). The van der Waals surface area contributed by atoms with Crippen molar-refractivity contribution in [3.8, 4) is 0 Å². The smallest absolute Gasteiger partial charge is 0.412 e. The van der Waals surface area contributed by atoms with Gasteiger partial charge in [-0.25, -0.2) is 4.79 Å². The number of rotatable bonds is 3. The Morgan fingerprint density at radius 3 is 2.53 bits per heavy atom. The number of nitrogens with one attached hydrogen (secondary N) is 1. The third kappa shape index (κ3) is 3.26. The predicted molar refractivity (Wildman–Crippen MR) is 76.3 cm³/mol. The number of carbonyl (C=O) groups excluding carboxylic acids is 1. The van der Waals surface area contributed by atoms with E-state index in [1.54, 1.807) is 0 Å². The molecule has 1 aliphatic rings. The third-order valence-corrected chi connectivity index (χ3v) is 3.38. The molecule has 104 valence electrons. The number of nitrogens with two attached hydrogens (primary N) is 1. The van der Waals surface area contributed by atoms with E-state index >= 15 is 0 Å². The Hall–Kier alpha value is -1.55. The fourth-order valence-electron chi connectivity index (χ4n) is 2.20. The highest BCUT2D eigenvalue weighted by Crippen LogP contribution is 2.49. The molecule has 0 atom stereocenters. The average molecular weight is 262 g/mol. The van der Waals surface area contributed by atoms with Crippen LogP contribution in [0.4, 0.5) is 10.5 Å². The Labute approximate surface area is 114 Å². The summed E-state index contributed by atoms with van der Waals surface area (Å²) in [6.45, 7) is 6.16. The quantitative estimate of drug-likeness (QED) is 0.880. The molecule has 0 radical (unpaired) electrons. The molecular formula is C15H22N2O2. The van der Waals surface area contributed by atoms with Crippen molar-refractivity contribution >= 4 is 11.8 Å². The number of anilines is 1.